The molecule has 0 saturated heterocycles. The zero-order chi connectivity index (χ0) is 14.5. The average Bonchev–Trinajstić information content (AvgIpc) is 2.93. The van der Waals surface area contributed by atoms with Crippen molar-refractivity contribution in [2.45, 2.75) is 32.9 Å². The molecule has 0 aliphatic rings. The molecule has 110 valence electrons. The molecule has 1 N–H and O–H groups in total. The largest absolute Gasteiger partial charge is 0.383 e. The van der Waals surface area contributed by atoms with Crippen LogP contribution in [0.25, 0.3) is 0 Å². The van der Waals surface area contributed by atoms with Crippen molar-refractivity contribution in [2.75, 3.05) is 19.0 Å². The van der Waals surface area contributed by atoms with Crippen molar-refractivity contribution in [1.82, 2.24) is 19.1 Å². The number of methoxy groups -OCH3 is 1. The lowest BCUT2D eigenvalue weighted by molar-refractivity contribution is 0.190. The number of aromatic nitrogens is 4. The van der Waals surface area contributed by atoms with E-state index in [9.17, 15) is 0 Å². The molecular weight excluding hydrogens is 254 g/mol. The van der Waals surface area contributed by atoms with E-state index in [2.05, 4.69) is 33.0 Å². The lowest BCUT2D eigenvalue weighted by Crippen LogP contribution is -2.23. The van der Waals surface area contributed by atoms with Crippen molar-refractivity contribution in [3.8, 4) is 0 Å². The van der Waals surface area contributed by atoms with E-state index in [1.807, 2.05) is 30.9 Å². The summed E-state index contributed by atoms with van der Waals surface area (Å²) in [5, 5.41) is 3.38. The molecule has 0 spiro atoms. The number of ether oxygens (including phenoxy) is 1. The van der Waals surface area contributed by atoms with Gasteiger partial charge in [-0.3, -0.25) is 0 Å². The average molecular weight is 277 g/mol. The second-order valence-electron chi connectivity index (χ2n) is 5.10. The molecule has 0 fully saturated rings. The Hall–Kier alpha value is -1.82. The minimum atomic E-state index is 0.230. The highest BCUT2D eigenvalue weighted by Gasteiger charge is 2.10. The highest BCUT2D eigenvalue weighted by molar-refractivity contribution is 5.30. The Morgan fingerprint density at radius 2 is 2.25 bits per heavy atom. The van der Waals surface area contributed by atoms with Crippen LogP contribution in [-0.4, -0.2) is 38.9 Å². The molecule has 2 heterocycles. The third-order valence-corrected chi connectivity index (χ3v) is 3.19. The highest BCUT2D eigenvalue weighted by atomic mass is 16.5. The standard InChI is InChI=1S/C14H23N5O/c1-11-9-19(7-5-13-15-6-8-18(13)3)14(16-11)17-12(2)10-20-4/h6,8-9,12H,5,7,10H2,1-4H3,(H,16,17). The molecule has 2 aromatic heterocycles. The molecule has 6 heteroatoms. The number of nitrogens with zero attached hydrogens (tertiary/aromatic N) is 4. The summed E-state index contributed by atoms with van der Waals surface area (Å²) < 4.78 is 9.33. The van der Waals surface area contributed by atoms with Gasteiger partial charge < -0.3 is 19.2 Å². The van der Waals surface area contributed by atoms with Crippen LogP contribution in [0, 0.1) is 6.92 Å². The summed E-state index contributed by atoms with van der Waals surface area (Å²) in [5.74, 6) is 1.97. The van der Waals surface area contributed by atoms with Gasteiger partial charge in [-0.2, -0.15) is 0 Å². The van der Waals surface area contributed by atoms with Crippen molar-refractivity contribution in [1.29, 1.82) is 0 Å². The first-order chi connectivity index (χ1) is 9.60. The molecule has 0 amide bonds. The van der Waals surface area contributed by atoms with Gasteiger partial charge in [-0.1, -0.05) is 0 Å². The van der Waals surface area contributed by atoms with Crippen LogP contribution in [-0.2, 0) is 24.8 Å². The number of rotatable bonds is 7. The van der Waals surface area contributed by atoms with Gasteiger partial charge in [-0.05, 0) is 13.8 Å². The smallest absolute Gasteiger partial charge is 0.203 e. The number of imidazole rings is 2. The van der Waals surface area contributed by atoms with Crippen LogP contribution in [0.4, 0.5) is 5.95 Å². The summed E-state index contributed by atoms with van der Waals surface area (Å²) >= 11 is 0. The molecule has 2 rings (SSSR count). The molecule has 2 aromatic rings. The summed E-state index contributed by atoms with van der Waals surface area (Å²) in [5.41, 5.74) is 1.01. The van der Waals surface area contributed by atoms with Gasteiger partial charge in [0.1, 0.15) is 5.82 Å². The van der Waals surface area contributed by atoms with Gasteiger partial charge in [0.15, 0.2) is 0 Å². The number of aryl methyl sites for hydroxylation is 4. The number of hydrogen-bond acceptors (Lipinski definition) is 4. The lowest BCUT2D eigenvalue weighted by atomic mass is 10.3. The van der Waals surface area contributed by atoms with Gasteiger partial charge in [-0.15, -0.1) is 0 Å². The molecule has 0 saturated carbocycles. The van der Waals surface area contributed by atoms with Crippen LogP contribution in [0.3, 0.4) is 0 Å². The van der Waals surface area contributed by atoms with E-state index in [1.54, 1.807) is 7.11 Å². The summed E-state index contributed by atoms with van der Waals surface area (Å²) in [6.45, 7) is 5.60. The second kappa shape index (κ2) is 6.56. The zero-order valence-electron chi connectivity index (χ0n) is 12.6. The first-order valence-electron chi connectivity index (χ1n) is 6.85. The molecule has 6 nitrogen and oxygen atoms in total. The Bertz CT molecular complexity index is 546. The van der Waals surface area contributed by atoms with E-state index in [-0.39, 0.29) is 6.04 Å². The molecule has 20 heavy (non-hydrogen) atoms. The van der Waals surface area contributed by atoms with Crippen molar-refractivity contribution in [3.05, 3.63) is 30.1 Å². The van der Waals surface area contributed by atoms with E-state index in [0.29, 0.717) is 6.61 Å². The topological polar surface area (TPSA) is 56.9 Å². The van der Waals surface area contributed by atoms with E-state index in [1.165, 1.54) is 0 Å². The third-order valence-electron chi connectivity index (χ3n) is 3.19. The summed E-state index contributed by atoms with van der Waals surface area (Å²) in [6.07, 6.45) is 6.74. The molecule has 0 bridgehead atoms. The van der Waals surface area contributed by atoms with Gasteiger partial charge in [0.05, 0.1) is 12.3 Å². The number of anilines is 1. The fourth-order valence-electron chi connectivity index (χ4n) is 2.20. The maximum atomic E-state index is 5.14. The minimum Gasteiger partial charge on any atom is -0.383 e. The monoisotopic (exact) mass is 277 g/mol. The molecule has 0 radical (unpaired) electrons. The first-order valence-corrected chi connectivity index (χ1v) is 6.85. The van der Waals surface area contributed by atoms with Crippen molar-refractivity contribution >= 4 is 5.95 Å². The van der Waals surface area contributed by atoms with Crippen LogP contribution < -0.4 is 5.32 Å². The highest BCUT2D eigenvalue weighted by Crippen LogP contribution is 2.11. The zero-order valence-corrected chi connectivity index (χ0v) is 12.6. The Labute approximate surface area is 119 Å². The Kier molecular flexibility index (Phi) is 4.79. The van der Waals surface area contributed by atoms with Crippen molar-refractivity contribution in [3.63, 3.8) is 0 Å². The van der Waals surface area contributed by atoms with E-state index in [0.717, 1.165) is 30.4 Å². The van der Waals surface area contributed by atoms with Crippen LogP contribution in [0.1, 0.15) is 18.4 Å². The van der Waals surface area contributed by atoms with Crippen LogP contribution >= 0.6 is 0 Å². The maximum absolute atomic E-state index is 5.14. The molecule has 0 aliphatic carbocycles. The lowest BCUT2D eigenvalue weighted by Gasteiger charge is -2.15. The maximum Gasteiger partial charge on any atom is 0.203 e. The third kappa shape index (κ3) is 3.60. The van der Waals surface area contributed by atoms with Crippen molar-refractivity contribution in [2.24, 2.45) is 7.05 Å². The summed E-state index contributed by atoms with van der Waals surface area (Å²) in [6, 6.07) is 0.230. The predicted octanol–water partition coefficient (Wildman–Crippen LogP) is 1.61. The van der Waals surface area contributed by atoms with Crippen LogP contribution in [0.15, 0.2) is 18.6 Å². The van der Waals surface area contributed by atoms with Crippen LogP contribution in [0.5, 0.6) is 0 Å². The summed E-state index contributed by atoms with van der Waals surface area (Å²) in [4.78, 5) is 8.87. The van der Waals surface area contributed by atoms with E-state index < -0.39 is 0 Å². The quantitative estimate of drug-likeness (QED) is 0.835. The first kappa shape index (κ1) is 14.6. The second-order valence-corrected chi connectivity index (χ2v) is 5.10. The number of hydrogen-bond donors (Lipinski definition) is 1. The van der Waals surface area contributed by atoms with Gasteiger partial charge in [0.2, 0.25) is 5.95 Å². The van der Waals surface area contributed by atoms with E-state index in [4.69, 9.17) is 4.74 Å². The molecule has 0 aliphatic heterocycles. The molecule has 1 unspecified atom stereocenters. The molecule has 1 atom stereocenters. The van der Waals surface area contributed by atoms with E-state index >= 15 is 0 Å². The fourth-order valence-corrected chi connectivity index (χ4v) is 2.20. The van der Waals surface area contributed by atoms with Crippen molar-refractivity contribution < 1.29 is 4.74 Å². The number of nitrogens with one attached hydrogen (secondary N) is 1. The van der Waals surface area contributed by atoms with Gasteiger partial charge in [-0.25, -0.2) is 9.97 Å². The van der Waals surface area contributed by atoms with Gasteiger partial charge in [0.25, 0.3) is 0 Å². The van der Waals surface area contributed by atoms with Gasteiger partial charge in [0, 0.05) is 51.8 Å². The van der Waals surface area contributed by atoms with Crippen LogP contribution in [0.2, 0.25) is 0 Å². The predicted molar refractivity (Wildman–Crippen MR) is 78.8 cm³/mol. The Balaban J connectivity index is 2.02. The SMILES string of the molecule is COCC(C)Nc1nc(C)cn1CCc1nccn1C. The summed E-state index contributed by atoms with van der Waals surface area (Å²) in [7, 11) is 3.72. The Morgan fingerprint density at radius 1 is 1.45 bits per heavy atom. The fraction of sp³-hybridized carbons (Fsp3) is 0.571. The molecular formula is C14H23N5O. The normalized spacial score (nSPS) is 12.6. The minimum absolute atomic E-state index is 0.230. The Morgan fingerprint density at radius 3 is 2.90 bits per heavy atom. The molecule has 0 aromatic carbocycles. The van der Waals surface area contributed by atoms with Gasteiger partial charge >= 0.3 is 0 Å².